The monoisotopic (exact) mass is 1820 g/mol. The number of aliphatic hydroxyl groups excluding tert-OH is 1. The highest BCUT2D eigenvalue weighted by Gasteiger charge is 2.35. The Morgan fingerprint density at radius 1 is 0.433 bits per heavy atom. The number of anilines is 3. The number of hydrogen-bond donors (Lipinski definition) is 8. The number of piperidine rings is 4. The molecule has 0 aliphatic carbocycles. The average Bonchev–Trinajstić information content (AvgIpc) is 1.76. The van der Waals surface area contributed by atoms with E-state index >= 15 is 0 Å². The number of para-hydroxylation sites is 7. The third-order valence-electron chi connectivity index (χ3n) is 21.5. The van der Waals surface area contributed by atoms with Gasteiger partial charge in [0.15, 0.2) is 0 Å². The van der Waals surface area contributed by atoms with E-state index in [0.29, 0.717) is 101 Å². The van der Waals surface area contributed by atoms with Gasteiger partial charge < -0.3 is 81.9 Å². The molecule has 7 aromatic rings. The zero-order valence-corrected chi connectivity index (χ0v) is 76.3. The van der Waals surface area contributed by atoms with Crippen molar-refractivity contribution in [2.24, 2.45) is 5.73 Å². The fourth-order valence-electron chi connectivity index (χ4n) is 15.0. The number of nitro benzene ring substituents is 4. The number of nitro groups is 4. The number of hydrogen-bond acceptors (Lipinski definition) is 22. The smallest absolute Gasteiger partial charge is 0.410 e. The maximum Gasteiger partial charge on any atom is 0.410 e. The third-order valence-corrected chi connectivity index (χ3v) is 21.9. The number of nitrogens with one attached hydrogen (secondary N) is 5. The molecule has 0 spiro atoms. The van der Waals surface area contributed by atoms with E-state index in [4.69, 9.17) is 30.8 Å². The summed E-state index contributed by atoms with van der Waals surface area (Å²) < 4.78 is 16.2. The summed E-state index contributed by atoms with van der Waals surface area (Å²) >= 11 is 3.25. The fraction of sp³-hybridized carbons (Fsp3) is 0.495. The second-order valence-corrected chi connectivity index (χ2v) is 35.1. The number of aryl methyl sites for hydroxylation is 1. The van der Waals surface area contributed by atoms with Crippen molar-refractivity contribution in [3.63, 3.8) is 0 Å². The predicted octanol–water partition coefficient (Wildman–Crippen LogP) is 16.0. The van der Waals surface area contributed by atoms with Gasteiger partial charge in [-0.2, -0.15) is 0 Å². The number of ether oxygens (including phenoxy) is 3. The molecule has 7 amide bonds. The summed E-state index contributed by atoms with van der Waals surface area (Å²) in [4.78, 5) is 111. The number of urea groups is 2. The van der Waals surface area contributed by atoms with Crippen LogP contribution in [0.15, 0.2) is 170 Å². The Hall–Kier alpha value is -11.4. The molecule has 6 aliphatic heterocycles. The molecular weight excluding hydrogens is 1690 g/mol. The van der Waals surface area contributed by atoms with Crippen LogP contribution in [0.4, 0.5) is 63.8 Å². The number of aliphatic hydroxyl groups is 1. The summed E-state index contributed by atoms with van der Waals surface area (Å²) in [6.07, 6.45) is 11.5. The first-order valence-corrected chi connectivity index (χ1v) is 44.7. The molecular formula is C93H129BrN16O17. The van der Waals surface area contributed by atoms with Gasteiger partial charge in [0.25, 0.3) is 22.7 Å². The molecule has 0 saturated carbocycles. The lowest BCUT2D eigenvalue weighted by molar-refractivity contribution is -0.385. The highest BCUT2D eigenvalue weighted by Crippen LogP contribution is 2.29. The normalized spacial score (nSPS) is 15.6. The van der Waals surface area contributed by atoms with Crippen LogP contribution in [0, 0.1) is 40.5 Å². The summed E-state index contributed by atoms with van der Waals surface area (Å²) in [7, 11) is 0. The van der Waals surface area contributed by atoms with E-state index in [1.807, 2.05) is 139 Å². The lowest BCUT2D eigenvalue weighted by atomic mass is 10.0. The van der Waals surface area contributed by atoms with Gasteiger partial charge in [-0.25, -0.2) is 24.0 Å². The van der Waals surface area contributed by atoms with E-state index in [9.17, 15) is 64.4 Å². The largest absolute Gasteiger partial charge is 0.444 e. The second-order valence-electron chi connectivity index (χ2n) is 34.3. The minimum absolute atomic E-state index is 0.0410. The Kier molecular flexibility index (Phi) is 42.0. The quantitative estimate of drug-likeness (QED) is 0.0115. The van der Waals surface area contributed by atoms with Gasteiger partial charge in [0.05, 0.1) is 19.7 Å². The summed E-state index contributed by atoms with van der Waals surface area (Å²) in [6, 6.07) is 52.1. The Labute approximate surface area is 753 Å². The van der Waals surface area contributed by atoms with Crippen LogP contribution in [-0.4, -0.2) is 218 Å². The van der Waals surface area contributed by atoms with Gasteiger partial charge in [-0.05, 0) is 220 Å². The minimum Gasteiger partial charge on any atom is -0.444 e. The molecule has 13 rings (SSSR count). The molecule has 0 atom stereocenters. The first-order valence-electron chi connectivity index (χ1n) is 43.6. The fourth-order valence-corrected chi connectivity index (χ4v) is 15.5. The molecule has 4 fully saturated rings. The van der Waals surface area contributed by atoms with Crippen molar-refractivity contribution in [1.82, 2.24) is 40.4 Å². The summed E-state index contributed by atoms with van der Waals surface area (Å²) in [6.45, 7) is 26.5. The molecule has 34 heteroatoms. The number of likely N-dealkylation sites (tertiary alicyclic amines) is 3. The van der Waals surface area contributed by atoms with Gasteiger partial charge in [0, 0.05) is 158 Å². The van der Waals surface area contributed by atoms with E-state index in [2.05, 4.69) is 60.7 Å². The van der Waals surface area contributed by atoms with Gasteiger partial charge in [-0.3, -0.25) is 40.5 Å². The number of halogens is 1. The minimum atomic E-state index is -0.482. The van der Waals surface area contributed by atoms with Crippen LogP contribution in [0.3, 0.4) is 0 Å². The molecule has 7 aromatic carbocycles. The Morgan fingerprint density at radius 3 is 1.09 bits per heavy atom. The lowest BCUT2D eigenvalue weighted by Crippen LogP contribution is -2.50. The molecule has 0 radical (unpaired) electrons. The molecule has 0 aromatic heterocycles. The molecule has 33 nitrogen and oxygen atoms in total. The van der Waals surface area contributed by atoms with Gasteiger partial charge >= 0.3 is 30.3 Å². The van der Waals surface area contributed by atoms with Crippen molar-refractivity contribution < 1.29 is 63.0 Å². The molecule has 127 heavy (non-hydrogen) atoms. The van der Waals surface area contributed by atoms with Crippen LogP contribution < -0.4 is 38.1 Å². The number of fused-ring (bicyclic) bond motifs is 2. The number of nitrogen functional groups attached to an aromatic ring is 1. The van der Waals surface area contributed by atoms with Crippen molar-refractivity contribution in [3.05, 3.63) is 249 Å². The number of benzene rings is 7. The average molecular weight is 1820 g/mol. The molecule has 690 valence electrons. The van der Waals surface area contributed by atoms with E-state index in [-0.39, 0.29) is 80.5 Å². The van der Waals surface area contributed by atoms with E-state index in [0.717, 1.165) is 143 Å². The first-order chi connectivity index (χ1) is 60.5. The molecule has 0 bridgehead atoms. The first kappa shape index (κ1) is 103. The Bertz CT molecular complexity index is 4530. The van der Waals surface area contributed by atoms with E-state index in [1.165, 1.54) is 41.0 Å². The van der Waals surface area contributed by atoms with Crippen molar-refractivity contribution in [2.45, 2.75) is 200 Å². The highest BCUT2D eigenvalue weighted by molar-refractivity contribution is 9.09. The number of carbonyl (C=O) groups is 5. The summed E-state index contributed by atoms with van der Waals surface area (Å²) in [5.74, 6) is 0. The van der Waals surface area contributed by atoms with Crippen LogP contribution in [-0.2, 0) is 59.2 Å². The lowest BCUT2D eigenvalue weighted by Gasteiger charge is -2.38. The van der Waals surface area contributed by atoms with Crippen molar-refractivity contribution in [3.8, 4) is 0 Å². The number of carbonyl (C=O) groups excluding carboxylic acids is 5. The topological polar surface area (TPSA) is 434 Å². The maximum absolute atomic E-state index is 12.6. The number of amides is 7. The van der Waals surface area contributed by atoms with Crippen molar-refractivity contribution in [1.29, 1.82) is 0 Å². The second kappa shape index (κ2) is 52.0. The van der Waals surface area contributed by atoms with Gasteiger partial charge in [-0.15, -0.1) is 0 Å². The standard InChI is InChI=1S/C19H27N3O3.C18H27N3O4.C18H29N3O2.C14H19N3O.C8H8BrNO2.C8H10N2O2.C8H9NO3/c1-19(2,3)25-18(24)21-11-9-15(10-12-21)22-13-8-14-6-4-5-7-16(14)20-17(22)23;1-18(2,3)25-17(22)20-12-9-15(10-13-20)19-11-8-14-6-4-5-7-16(14)21(23)24;1-18(2,3)23-17(22)21-12-9-15(10-13-21)20-11-8-14-6-4-5-7-16(14)19;18-14-16-13-4-2-1-3-11(13)7-10-17(14)12-5-8-15-9-6-12;2*9-6-5-7-3-1-2-4-8(7)10(11)12;10-6-5-7-3-1-2-4-8(7)9(11)12/h4-7,15H,8-13H2,1-3H3,(H,20,23);4-7,15,19H,8-13H2,1-3H3;4-7,15,20H,8-13,19H2,1-3H3;1-4,12,15H,5-10H2,(H,16,18);1-4H,5-6H2;1-4H,5-6,9H2;1-4,10H,5-6H2. The molecule has 0 unspecified atom stereocenters. The Morgan fingerprint density at radius 2 is 0.740 bits per heavy atom. The molecule has 4 saturated heterocycles. The van der Waals surface area contributed by atoms with Crippen LogP contribution in [0.2, 0.25) is 0 Å². The Balaban J connectivity index is 0.000000207. The van der Waals surface area contributed by atoms with Crippen LogP contribution >= 0.6 is 15.9 Å². The van der Waals surface area contributed by atoms with Crippen LogP contribution in [0.1, 0.15) is 153 Å². The SMILES string of the molecule is CC(C)(C)OC(=O)N1CCC(N2CCc3ccccc3NC2=O)CC1.CC(C)(C)OC(=O)N1CCC(NCCc2ccccc2N)CC1.CC(C)(C)OC(=O)N1CCC(NCCc2ccccc2[N+](=O)[O-])CC1.NCCc1ccccc1[N+](=O)[O-].O=C1Nc2ccccc2CCN1C1CCNCC1.O=[N+]([O-])c1ccccc1CCBr.O=[N+]([O-])c1ccccc1CCO. The third kappa shape index (κ3) is 35.7. The highest BCUT2D eigenvalue weighted by atomic mass is 79.9. The van der Waals surface area contributed by atoms with Gasteiger partial charge in [0.2, 0.25) is 0 Å². The van der Waals surface area contributed by atoms with E-state index in [1.54, 1.807) is 75.4 Å². The predicted molar refractivity (Wildman–Crippen MR) is 498 cm³/mol. The van der Waals surface area contributed by atoms with Crippen LogP contribution in [0.25, 0.3) is 0 Å². The maximum atomic E-state index is 12.6. The molecule has 6 aliphatic rings. The number of nitrogens with zero attached hydrogens (tertiary/aromatic N) is 9. The molecule has 10 N–H and O–H groups in total. The van der Waals surface area contributed by atoms with E-state index < -0.39 is 21.7 Å². The number of nitrogens with two attached hydrogens (primary N) is 2. The zero-order valence-electron chi connectivity index (χ0n) is 74.7. The van der Waals surface area contributed by atoms with Crippen molar-refractivity contribution >= 4 is 86.1 Å². The summed E-state index contributed by atoms with van der Waals surface area (Å²) in [5.41, 5.74) is 19.6. The number of alkyl halides is 1. The number of rotatable bonds is 20. The molecule has 6 heterocycles. The van der Waals surface area contributed by atoms with Crippen LogP contribution in [0.5, 0.6) is 0 Å². The van der Waals surface area contributed by atoms with Gasteiger partial charge in [0.1, 0.15) is 16.8 Å². The zero-order chi connectivity index (χ0) is 92.6. The van der Waals surface area contributed by atoms with Crippen molar-refractivity contribution in [2.75, 3.05) is 113 Å². The summed E-state index contributed by atoms with van der Waals surface area (Å²) in [5, 5.41) is 68.2. The van der Waals surface area contributed by atoms with Gasteiger partial charge in [-0.1, -0.05) is 143 Å².